The molecule has 0 N–H and O–H groups in total. The van der Waals surface area contributed by atoms with Crippen LogP contribution in [0, 0.1) is 11.6 Å². The Morgan fingerprint density at radius 2 is 1.73 bits per heavy atom. The molecule has 1 amide bonds. The van der Waals surface area contributed by atoms with Crippen molar-refractivity contribution in [1.82, 2.24) is 15.1 Å². The lowest BCUT2D eigenvalue weighted by Gasteiger charge is -2.20. The van der Waals surface area contributed by atoms with E-state index in [2.05, 4.69) is 15.2 Å². The fraction of sp³-hybridized carbons (Fsp3) is 0.321. The van der Waals surface area contributed by atoms with Gasteiger partial charge >= 0.3 is 5.97 Å². The zero-order chi connectivity index (χ0) is 26.4. The fourth-order valence-electron chi connectivity index (χ4n) is 4.28. The van der Waals surface area contributed by atoms with E-state index in [9.17, 15) is 18.4 Å². The minimum atomic E-state index is -0.592. The molecule has 192 valence electrons. The molecule has 2 heterocycles. The lowest BCUT2D eigenvalue weighted by Crippen LogP contribution is -2.30. The lowest BCUT2D eigenvalue weighted by atomic mass is 10.0. The Balaban J connectivity index is 1.39. The van der Waals surface area contributed by atoms with Crippen LogP contribution in [0.1, 0.15) is 56.0 Å². The molecule has 0 radical (unpaired) electrons. The summed E-state index contributed by atoms with van der Waals surface area (Å²) in [5, 5.41) is 8.58. The highest BCUT2D eigenvalue weighted by atomic mass is 19.1. The summed E-state index contributed by atoms with van der Waals surface area (Å²) in [6, 6.07) is 15.1. The zero-order valence-corrected chi connectivity index (χ0v) is 20.8. The van der Waals surface area contributed by atoms with Gasteiger partial charge in [-0.3, -0.25) is 14.6 Å². The van der Waals surface area contributed by atoms with Crippen molar-refractivity contribution in [2.24, 2.45) is 4.99 Å². The van der Waals surface area contributed by atoms with Gasteiger partial charge in [0.2, 0.25) is 5.91 Å². The molecule has 1 aromatic heterocycles. The van der Waals surface area contributed by atoms with Crippen LogP contribution in [0.15, 0.2) is 59.6 Å². The molecule has 2 aromatic carbocycles. The summed E-state index contributed by atoms with van der Waals surface area (Å²) in [4.78, 5) is 29.1. The normalized spacial score (nSPS) is 14.8. The van der Waals surface area contributed by atoms with E-state index >= 15 is 0 Å². The Morgan fingerprint density at radius 1 is 1.00 bits per heavy atom. The Hall–Kier alpha value is -4.01. The highest BCUT2D eigenvalue weighted by molar-refractivity contribution is 6.02. The van der Waals surface area contributed by atoms with Gasteiger partial charge in [-0.05, 0) is 49.1 Å². The predicted octanol–water partition coefficient (Wildman–Crippen LogP) is 5.05. The van der Waals surface area contributed by atoms with Crippen molar-refractivity contribution in [3.63, 3.8) is 0 Å². The first-order valence-electron chi connectivity index (χ1n) is 12.1. The molecule has 0 saturated heterocycles. The maximum absolute atomic E-state index is 14.1. The van der Waals surface area contributed by atoms with E-state index in [0.29, 0.717) is 49.5 Å². The van der Waals surface area contributed by atoms with Crippen LogP contribution in [0.4, 0.5) is 8.78 Å². The number of ether oxygens (including phenoxy) is 1. The smallest absolute Gasteiger partial charge is 0.302 e. The van der Waals surface area contributed by atoms with E-state index in [1.807, 2.05) is 36.4 Å². The first kappa shape index (κ1) is 26.1. The Kier molecular flexibility index (Phi) is 8.32. The highest BCUT2D eigenvalue weighted by Gasteiger charge is 2.24. The van der Waals surface area contributed by atoms with Crippen LogP contribution >= 0.6 is 0 Å². The first-order chi connectivity index (χ1) is 17.8. The second kappa shape index (κ2) is 11.8. The van der Waals surface area contributed by atoms with Gasteiger partial charge in [-0.1, -0.05) is 30.3 Å². The van der Waals surface area contributed by atoms with Gasteiger partial charge in [0.1, 0.15) is 11.6 Å². The second-order valence-electron chi connectivity index (χ2n) is 8.89. The molecule has 1 aliphatic rings. The van der Waals surface area contributed by atoms with E-state index in [0.717, 1.165) is 11.1 Å². The van der Waals surface area contributed by atoms with Crippen LogP contribution in [-0.4, -0.2) is 45.8 Å². The number of benzene rings is 2. The van der Waals surface area contributed by atoms with Gasteiger partial charge < -0.3 is 9.64 Å². The van der Waals surface area contributed by atoms with Gasteiger partial charge in [0.25, 0.3) is 0 Å². The van der Waals surface area contributed by atoms with Gasteiger partial charge in [-0.25, -0.2) is 8.78 Å². The molecule has 1 unspecified atom stereocenters. The molecule has 37 heavy (non-hydrogen) atoms. The fourth-order valence-corrected chi connectivity index (χ4v) is 4.28. The van der Waals surface area contributed by atoms with Gasteiger partial charge in [0, 0.05) is 31.7 Å². The van der Waals surface area contributed by atoms with Gasteiger partial charge in [0.05, 0.1) is 36.1 Å². The standard InChI is InChI=1S/C28H28F2N4O3/c1-18(35)34(15-4-16-37-19(2)36)17-22-11-12-26(33-32-22)21-9-7-20(8-10-21)25-13-14-27(31-25)28-23(29)5-3-6-24(28)30/h3,5-12,25H,4,13-17H2,1-2H3. The SMILES string of the molecule is CC(=O)OCCCN(Cc1ccc(-c2ccc(C3CCC(c4c(F)cccc4F)=N3)cc2)nn1)C(C)=O. The molecule has 4 rings (SSSR count). The van der Waals surface area contributed by atoms with Crippen LogP contribution in [0.5, 0.6) is 0 Å². The summed E-state index contributed by atoms with van der Waals surface area (Å²) in [6.07, 6.45) is 1.74. The molecule has 7 nitrogen and oxygen atoms in total. The molecule has 0 fully saturated rings. The highest BCUT2D eigenvalue weighted by Crippen LogP contribution is 2.33. The molecule has 0 bridgehead atoms. The number of hydrogen-bond donors (Lipinski definition) is 0. The minimum Gasteiger partial charge on any atom is -0.466 e. The second-order valence-corrected chi connectivity index (χ2v) is 8.89. The maximum atomic E-state index is 14.1. The Labute approximate surface area is 214 Å². The van der Waals surface area contributed by atoms with Crippen LogP contribution in [0.2, 0.25) is 0 Å². The number of hydrogen-bond acceptors (Lipinski definition) is 6. The first-order valence-corrected chi connectivity index (χ1v) is 12.1. The summed E-state index contributed by atoms with van der Waals surface area (Å²) in [7, 11) is 0. The van der Waals surface area contributed by atoms with E-state index in [1.54, 1.807) is 4.90 Å². The molecular formula is C28H28F2N4O3. The van der Waals surface area contributed by atoms with Gasteiger partial charge in [-0.2, -0.15) is 10.2 Å². The van der Waals surface area contributed by atoms with Crippen molar-refractivity contribution in [2.75, 3.05) is 13.2 Å². The largest absolute Gasteiger partial charge is 0.466 e. The third-order valence-corrected chi connectivity index (χ3v) is 6.20. The number of rotatable bonds is 9. The summed E-state index contributed by atoms with van der Waals surface area (Å²) in [6.45, 7) is 3.85. The van der Waals surface area contributed by atoms with E-state index in [4.69, 9.17) is 4.74 Å². The zero-order valence-electron chi connectivity index (χ0n) is 20.8. The Morgan fingerprint density at radius 3 is 2.35 bits per heavy atom. The molecule has 0 saturated carbocycles. The van der Waals surface area contributed by atoms with Crippen molar-refractivity contribution in [3.05, 3.63) is 83.1 Å². The number of aromatic nitrogens is 2. The molecular weight excluding hydrogens is 478 g/mol. The van der Waals surface area contributed by atoms with Crippen molar-refractivity contribution >= 4 is 17.6 Å². The molecule has 9 heteroatoms. The van der Waals surface area contributed by atoms with E-state index < -0.39 is 11.6 Å². The third-order valence-electron chi connectivity index (χ3n) is 6.20. The molecule has 0 aliphatic carbocycles. The third kappa shape index (κ3) is 6.61. The van der Waals surface area contributed by atoms with Crippen LogP contribution in [0.3, 0.4) is 0 Å². The molecule has 0 spiro atoms. The van der Waals surface area contributed by atoms with E-state index in [-0.39, 0.29) is 30.1 Å². The van der Waals surface area contributed by atoms with E-state index in [1.165, 1.54) is 32.0 Å². The van der Waals surface area contributed by atoms with Crippen LogP contribution in [0.25, 0.3) is 11.3 Å². The number of amides is 1. The van der Waals surface area contributed by atoms with Crippen molar-refractivity contribution in [2.45, 2.75) is 45.7 Å². The quantitative estimate of drug-likeness (QED) is 0.300. The van der Waals surface area contributed by atoms with Crippen LogP contribution < -0.4 is 0 Å². The van der Waals surface area contributed by atoms with Gasteiger partial charge in [-0.15, -0.1) is 0 Å². The summed E-state index contributed by atoms with van der Waals surface area (Å²) >= 11 is 0. The monoisotopic (exact) mass is 506 g/mol. The Bertz CT molecular complexity index is 1270. The number of carbonyl (C=O) groups is 2. The topological polar surface area (TPSA) is 84.8 Å². The average molecular weight is 507 g/mol. The number of carbonyl (C=O) groups excluding carboxylic acids is 2. The molecule has 1 atom stereocenters. The molecule has 1 aliphatic heterocycles. The molecule has 3 aromatic rings. The summed E-state index contributed by atoms with van der Waals surface area (Å²) < 4.78 is 33.2. The maximum Gasteiger partial charge on any atom is 0.302 e. The number of nitrogens with zero attached hydrogens (tertiary/aromatic N) is 4. The number of halogens is 2. The lowest BCUT2D eigenvalue weighted by molar-refractivity contribution is -0.141. The average Bonchev–Trinajstić information content (AvgIpc) is 3.36. The van der Waals surface area contributed by atoms with Gasteiger partial charge in [0.15, 0.2) is 0 Å². The van der Waals surface area contributed by atoms with Crippen LogP contribution in [-0.2, 0) is 20.9 Å². The predicted molar refractivity (Wildman–Crippen MR) is 135 cm³/mol. The summed E-state index contributed by atoms with van der Waals surface area (Å²) in [5.41, 5.74) is 3.59. The van der Waals surface area contributed by atoms with Crippen molar-refractivity contribution in [1.29, 1.82) is 0 Å². The number of esters is 1. The van der Waals surface area contributed by atoms with Crippen molar-refractivity contribution < 1.29 is 23.1 Å². The minimum absolute atomic E-state index is 0.0373. The summed E-state index contributed by atoms with van der Waals surface area (Å²) in [5.74, 6) is -1.63. The number of aliphatic imine (C=N–C) groups is 1. The van der Waals surface area contributed by atoms with Crippen molar-refractivity contribution in [3.8, 4) is 11.3 Å².